The second-order valence-corrected chi connectivity index (χ2v) is 5.82. The van der Waals surface area contributed by atoms with E-state index in [1.54, 1.807) is 14.2 Å². The topological polar surface area (TPSA) is 30.5 Å². The highest BCUT2D eigenvalue weighted by Crippen LogP contribution is 2.36. The molecule has 1 N–H and O–H groups in total. The molecule has 0 fully saturated rings. The summed E-state index contributed by atoms with van der Waals surface area (Å²) >= 11 is 9.80. The van der Waals surface area contributed by atoms with Gasteiger partial charge in [0, 0.05) is 21.1 Å². The SMILES string of the molecule is CNC(c1ccc(Br)cc1Cl)c1ccc(OC)cc1OC. The molecule has 2 rings (SSSR count). The maximum absolute atomic E-state index is 6.37. The van der Waals surface area contributed by atoms with Crippen LogP contribution in [0.15, 0.2) is 40.9 Å². The Morgan fingerprint density at radius 2 is 1.76 bits per heavy atom. The third kappa shape index (κ3) is 3.51. The van der Waals surface area contributed by atoms with E-state index >= 15 is 0 Å². The summed E-state index contributed by atoms with van der Waals surface area (Å²) in [6, 6.07) is 11.6. The molecule has 2 aromatic carbocycles. The second kappa shape index (κ2) is 7.16. The van der Waals surface area contributed by atoms with Gasteiger partial charge in [-0.3, -0.25) is 0 Å². The first kappa shape index (κ1) is 16.1. The van der Waals surface area contributed by atoms with E-state index in [1.165, 1.54) is 0 Å². The van der Waals surface area contributed by atoms with Crippen molar-refractivity contribution in [1.82, 2.24) is 5.32 Å². The Labute approximate surface area is 138 Å². The molecule has 0 aliphatic rings. The highest BCUT2D eigenvalue weighted by Gasteiger charge is 2.19. The summed E-state index contributed by atoms with van der Waals surface area (Å²) in [5.41, 5.74) is 2.00. The van der Waals surface area contributed by atoms with Crippen LogP contribution in [0.1, 0.15) is 17.2 Å². The maximum Gasteiger partial charge on any atom is 0.127 e. The van der Waals surface area contributed by atoms with Gasteiger partial charge in [-0.15, -0.1) is 0 Å². The summed E-state index contributed by atoms with van der Waals surface area (Å²) in [6.45, 7) is 0. The van der Waals surface area contributed by atoms with Gasteiger partial charge in [-0.1, -0.05) is 33.6 Å². The molecule has 0 radical (unpaired) electrons. The molecule has 0 aliphatic carbocycles. The quantitative estimate of drug-likeness (QED) is 0.844. The minimum absolute atomic E-state index is 0.0635. The van der Waals surface area contributed by atoms with E-state index in [1.807, 2.05) is 43.4 Å². The predicted molar refractivity (Wildman–Crippen MR) is 89.6 cm³/mol. The Kier molecular flexibility index (Phi) is 5.51. The molecule has 5 heteroatoms. The Morgan fingerprint density at radius 1 is 1.05 bits per heavy atom. The predicted octanol–water partition coefficient (Wildman–Crippen LogP) is 4.43. The van der Waals surface area contributed by atoms with Crippen LogP contribution in [0.3, 0.4) is 0 Å². The van der Waals surface area contributed by atoms with Crippen molar-refractivity contribution in [3.05, 3.63) is 57.0 Å². The summed E-state index contributed by atoms with van der Waals surface area (Å²) in [7, 11) is 5.18. The molecule has 0 saturated heterocycles. The number of halogens is 2. The first-order valence-electron chi connectivity index (χ1n) is 6.44. The lowest BCUT2D eigenvalue weighted by molar-refractivity contribution is 0.388. The largest absolute Gasteiger partial charge is 0.497 e. The minimum atomic E-state index is -0.0635. The number of methoxy groups -OCH3 is 2. The molecule has 0 heterocycles. The molecular formula is C16H17BrClNO2. The average molecular weight is 371 g/mol. The molecule has 0 aromatic heterocycles. The normalized spacial score (nSPS) is 12.0. The summed E-state index contributed by atoms with van der Waals surface area (Å²) in [4.78, 5) is 0. The number of ether oxygens (including phenoxy) is 2. The van der Waals surface area contributed by atoms with Crippen molar-refractivity contribution in [2.75, 3.05) is 21.3 Å². The fourth-order valence-electron chi connectivity index (χ4n) is 2.27. The summed E-state index contributed by atoms with van der Waals surface area (Å²) in [5, 5.41) is 3.98. The van der Waals surface area contributed by atoms with Gasteiger partial charge in [0.1, 0.15) is 11.5 Å². The van der Waals surface area contributed by atoms with Crippen LogP contribution in [0.5, 0.6) is 11.5 Å². The van der Waals surface area contributed by atoms with Crippen LogP contribution in [0.4, 0.5) is 0 Å². The molecule has 1 unspecified atom stereocenters. The standard InChI is InChI=1S/C16H17BrClNO2/c1-19-16(12-6-4-10(17)8-14(12)18)13-7-5-11(20-2)9-15(13)21-3/h4-9,16,19H,1-3H3. The van der Waals surface area contributed by atoms with Crippen molar-refractivity contribution in [1.29, 1.82) is 0 Å². The molecule has 2 aromatic rings. The Bertz CT molecular complexity index is 634. The van der Waals surface area contributed by atoms with Crippen LogP contribution in [0.25, 0.3) is 0 Å². The molecule has 21 heavy (non-hydrogen) atoms. The number of nitrogens with one attached hydrogen (secondary N) is 1. The van der Waals surface area contributed by atoms with Crippen molar-refractivity contribution >= 4 is 27.5 Å². The molecular weight excluding hydrogens is 354 g/mol. The van der Waals surface area contributed by atoms with E-state index in [-0.39, 0.29) is 6.04 Å². The van der Waals surface area contributed by atoms with E-state index in [2.05, 4.69) is 21.2 Å². The van der Waals surface area contributed by atoms with Crippen LogP contribution in [-0.4, -0.2) is 21.3 Å². The van der Waals surface area contributed by atoms with Gasteiger partial charge in [0.25, 0.3) is 0 Å². The fourth-order valence-corrected chi connectivity index (χ4v) is 3.05. The molecule has 0 aliphatic heterocycles. The van der Waals surface area contributed by atoms with Crippen LogP contribution in [-0.2, 0) is 0 Å². The smallest absolute Gasteiger partial charge is 0.127 e. The molecule has 0 bridgehead atoms. The highest BCUT2D eigenvalue weighted by atomic mass is 79.9. The molecule has 0 spiro atoms. The van der Waals surface area contributed by atoms with Gasteiger partial charge in [0.2, 0.25) is 0 Å². The fraction of sp³-hybridized carbons (Fsp3) is 0.250. The third-order valence-electron chi connectivity index (χ3n) is 3.31. The highest BCUT2D eigenvalue weighted by molar-refractivity contribution is 9.10. The summed E-state index contributed by atoms with van der Waals surface area (Å²) in [6.07, 6.45) is 0. The Hall–Kier alpha value is -1.23. The first-order chi connectivity index (χ1) is 10.1. The number of hydrogen-bond acceptors (Lipinski definition) is 3. The zero-order valence-electron chi connectivity index (χ0n) is 12.1. The van der Waals surface area contributed by atoms with Gasteiger partial charge in [0.05, 0.1) is 20.3 Å². The van der Waals surface area contributed by atoms with Crippen LogP contribution >= 0.6 is 27.5 Å². The summed E-state index contributed by atoms with van der Waals surface area (Å²) in [5.74, 6) is 1.51. The molecule has 1 atom stereocenters. The Balaban J connectivity index is 2.50. The lowest BCUT2D eigenvalue weighted by Gasteiger charge is -2.21. The molecule has 112 valence electrons. The second-order valence-electron chi connectivity index (χ2n) is 4.50. The maximum atomic E-state index is 6.37. The molecule has 0 amide bonds. The number of rotatable bonds is 5. The van der Waals surface area contributed by atoms with Gasteiger partial charge < -0.3 is 14.8 Å². The van der Waals surface area contributed by atoms with Gasteiger partial charge >= 0.3 is 0 Å². The first-order valence-corrected chi connectivity index (χ1v) is 7.62. The number of benzene rings is 2. The van der Waals surface area contributed by atoms with Gasteiger partial charge in [-0.25, -0.2) is 0 Å². The van der Waals surface area contributed by atoms with Crippen LogP contribution in [0.2, 0.25) is 5.02 Å². The summed E-state index contributed by atoms with van der Waals surface area (Å²) < 4.78 is 11.7. The lowest BCUT2D eigenvalue weighted by Crippen LogP contribution is -2.19. The zero-order valence-corrected chi connectivity index (χ0v) is 14.5. The average Bonchev–Trinajstić information content (AvgIpc) is 2.50. The van der Waals surface area contributed by atoms with Gasteiger partial charge in [0.15, 0.2) is 0 Å². The van der Waals surface area contributed by atoms with Crippen molar-refractivity contribution in [2.24, 2.45) is 0 Å². The number of hydrogen-bond donors (Lipinski definition) is 1. The monoisotopic (exact) mass is 369 g/mol. The van der Waals surface area contributed by atoms with Gasteiger partial charge in [-0.2, -0.15) is 0 Å². The molecule has 3 nitrogen and oxygen atoms in total. The van der Waals surface area contributed by atoms with Crippen LogP contribution < -0.4 is 14.8 Å². The van der Waals surface area contributed by atoms with E-state index in [0.717, 1.165) is 27.1 Å². The third-order valence-corrected chi connectivity index (χ3v) is 4.13. The van der Waals surface area contributed by atoms with E-state index in [9.17, 15) is 0 Å². The minimum Gasteiger partial charge on any atom is -0.497 e. The molecule has 0 saturated carbocycles. The van der Waals surface area contributed by atoms with E-state index in [4.69, 9.17) is 21.1 Å². The van der Waals surface area contributed by atoms with E-state index in [0.29, 0.717) is 5.02 Å². The van der Waals surface area contributed by atoms with Crippen molar-refractivity contribution in [3.8, 4) is 11.5 Å². The lowest BCUT2D eigenvalue weighted by atomic mass is 9.97. The van der Waals surface area contributed by atoms with Crippen LogP contribution in [0, 0.1) is 0 Å². The Morgan fingerprint density at radius 3 is 2.33 bits per heavy atom. The zero-order chi connectivity index (χ0) is 15.4. The van der Waals surface area contributed by atoms with E-state index < -0.39 is 0 Å². The van der Waals surface area contributed by atoms with Crippen molar-refractivity contribution < 1.29 is 9.47 Å². The van der Waals surface area contributed by atoms with Crippen molar-refractivity contribution in [3.63, 3.8) is 0 Å². The van der Waals surface area contributed by atoms with Gasteiger partial charge in [-0.05, 0) is 36.9 Å². The van der Waals surface area contributed by atoms with Crippen molar-refractivity contribution in [2.45, 2.75) is 6.04 Å².